The molecule has 1 fully saturated rings. The zero-order chi connectivity index (χ0) is 13.3. The van der Waals surface area contributed by atoms with Crippen molar-refractivity contribution in [1.29, 1.82) is 0 Å². The van der Waals surface area contributed by atoms with Gasteiger partial charge in [-0.2, -0.15) is 0 Å². The molecule has 6 nitrogen and oxygen atoms in total. The van der Waals surface area contributed by atoms with E-state index in [-0.39, 0.29) is 13.2 Å². The highest BCUT2D eigenvalue weighted by molar-refractivity contribution is 5.84. The Morgan fingerprint density at radius 2 is 2.00 bits per heavy atom. The minimum Gasteiger partial charge on any atom is -0.444 e. The molecule has 0 saturated carbocycles. The van der Waals surface area contributed by atoms with Crippen LogP contribution in [-0.4, -0.2) is 47.8 Å². The van der Waals surface area contributed by atoms with Gasteiger partial charge in [0.05, 0.1) is 13.2 Å². The first-order chi connectivity index (χ1) is 7.64. The summed E-state index contributed by atoms with van der Waals surface area (Å²) in [5, 5.41) is 0. The Kier molecular flexibility index (Phi) is 3.66. The van der Waals surface area contributed by atoms with Crippen LogP contribution in [0.2, 0.25) is 0 Å². The molecule has 1 heterocycles. The lowest BCUT2D eigenvalue weighted by Crippen LogP contribution is -2.58. The molecule has 0 aromatic carbocycles. The number of carbonyl (C=O) groups excluding carboxylic acids is 2. The van der Waals surface area contributed by atoms with Gasteiger partial charge in [0.15, 0.2) is 5.60 Å². The maximum atomic E-state index is 11.8. The molecule has 17 heavy (non-hydrogen) atoms. The van der Waals surface area contributed by atoms with E-state index in [1.807, 2.05) is 0 Å². The van der Waals surface area contributed by atoms with Crippen LogP contribution in [0.4, 0.5) is 4.79 Å². The first-order valence-electron chi connectivity index (χ1n) is 5.56. The Hall–Kier alpha value is -1.30. The van der Waals surface area contributed by atoms with Gasteiger partial charge in [0.1, 0.15) is 5.60 Å². The Morgan fingerprint density at radius 3 is 2.47 bits per heavy atom. The molecular weight excluding hydrogens is 224 g/mol. The van der Waals surface area contributed by atoms with Crippen molar-refractivity contribution in [2.45, 2.75) is 38.9 Å². The second-order valence-electron chi connectivity index (χ2n) is 5.35. The Balaban J connectivity index is 2.67. The second kappa shape index (κ2) is 4.52. The molecule has 1 rings (SSSR count). The third-order valence-corrected chi connectivity index (χ3v) is 2.45. The summed E-state index contributed by atoms with van der Waals surface area (Å²) in [5.74, 6) is -0.578. The predicted octanol–water partition coefficient (Wildman–Crippen LogP) is 0.498. The Bertz CT molecular complexity index is 324. The molecule has 98 valence electrons. The van der Waals surface area contributed by atoms with Gasteiger partial charge in [-0.25, -0.2) is 4.79 Å². The lowest BCUT2D eigenvalue weighted by Gasteiger charge is -2.38. The van der Waals surface area contributed by atoms with Crippen LogP contribution in [0.1, 0.15) is 27.7 Å². The van der Waals surface area contributed by atoms with E-state index in [2.05, 4.69) is 0 Å². The highest BCUT2D eigenvalue weighted by Gasteiger charge is 2.40. The largest absolute Gasteiger partial charge is 0.444 e. The molecule has 6 heteroatoms. The van der Waals surface area contributed by atoms with Crippen LogP contribution >= 0.6 is 0 Å². The fourth-order valence-electron chi connectivity index (χ4n) is 1.50. The SMILES string of the molecule is CC(C)(C)OC(=O)N1CCOC(C)(C(N)=O)C1. The zero-order valence-electron chi connectivity index (χ0n) is 10.8. The number of rotatable bonds is 1. The summed E-state index contributed by atoms with van der Waals surface area (Å²) >= 11 is 0. The van der Waals surface area contributed by atoms with Gasteiger partial charge in [-0.3, -0.25) is 4.79 Å². The van der Waals surface area contributed by atoms with E-state index in [1.54, 1.807) is 27.7 Å². The summed E-state index contributed by atoms with van der Waals surface area (Å²) in [6.45, 7) is 7.75. The highest BCUT2D eigenvalue weighted by Crippen LogP contribution is 2.19. The molecule has 1 saturated heterocycles. The Labute approximate surface area is 101 Å². The van der Waals surface area contributed by atoms with E-state index in [0.717, 1.165) is 0 Å². The van der Waals surface area contributed by atoms with Crippen molar-refractivity contribution in [3.8, 4) is 0 Å². The molecule has 2 N–H and O–H groups in total. The number of amides is 2. The number of ether oxygens (including phenoxy) is 2. The van der Waals surface area contributed by atoms with Crippen molar-refractivity contribution in [2.75, 3.05) is 19.7 Å². The molecule has 1 aliphatic rings. The fraction of sp³-hybridized carbons (Fsp3) is 0.818. The van der Waals surface area contributed by atoms with E-state index in [4.69, 9.17) is 15.2 Å². The maximum absolute atomic E-state index is 11.8. The number of nitrogens with two attached hydrogens (primary N) is 1. The lowest BCUT2D eigenvalue weighted by atomic mass is 10.0. The zero-order valence-corrected chi connectivity index (χ0v) is 10.8. The van der Waals surface area contributed by atoms with Crippen molar-refractivity contribution in [3.05, 3.63) is 0 Å². The minimum absolute atomic E-state index is 0.122. The maximum Gasteiger partial charge on any atom is 0.410 e. The number of primary amides is 1. The van der Waals surface area contributed by atoms with Gasteiger partial charge >= 0.3 is 6.09 Å². The van der Waals surface area contributed by atoms with Crippen molar-refractivity contribution in [1.82, 2.24) is 4.90 Å². The number of hydrogen-bond donors (Lipinski definition) is 1. The molecule has 0 aromatic heterocycles. The van der Waals surface area contributed by atoms with Gasteiger partial charge in [0.25, 0.3) is 5.91 Å². The average Bonchev–Trinajstić information content (AvgIpc) is 2.15. The van der Waals surface area contributed by atoms with Gasteiger partial charge in [0.2, 0.25) is 0 Å². The van der Waals surface area contributed by atoms with Gasteiger partial charge in [0, 0.05) is 6.54 Å². The molecule has 1 unspecified atom stereocenters. The van der Waals surface area contributed by atoms with E-state index in [1.165, 1.54) is 4.90 Å². The normalized spacial score (nSPS) is 25.5. The molecular formula is C11H20N2O4. The van der Waals surface area contributed by atoms with Crippen molar-refractivity contribution >= 4 is 12.0 Å². The van der Waals surface area contributed by atoms with Crippen LogP contribution in [0.5, 0.6) is 0 Å². The number of hydrogen-bond acceptors (Lipinski definition) is 4. The summed E-state index contributed by atoms with van der Waals surface area (Å²) in [6.07, 6.45) is -0.451. The van der Waals surface area contributed by atoms with Gasteiger partial charge in [-0.15, -0.1) is 0 Å². The summed E-state index contributed by atoms with van der Waals surface area (Å²) in [4.78, 5) is 24.5. The first kappa shape index (κ1) is 13.8. The summed E-state index contributed by atoms with van der Waals surface area (Å²) in [7, 11) is 0. The van der Waals surface area contributed by atoms with Crippen molar-refractivity contribution in [2.24, 2.45) is 5.73 Å². The molecule has 0 bridgehead atoms. The molecule has 0 aliphatic carbocycles. The van der Waals surface area contributed by atoms with Crippen molar-refractivity contribution in [3.63, 3.8) is 0 Å². The van der Waals surface area contributed by atoms with Crippen molar-refractivity contribution < 1.29 is 19.1 Å². The lowest BCUT2D eigenvalue weighted by molar-refractivity contribution is -0.151. The van der Waals surface area contributed by atoms with E-state index >= 15 is 0 Å². The van der Waals surface area contributed by atoms with Crippen LogP contribution in [0, 0.1) is 0 Å². The minimum atomic E-state index is -1.13. The smallest absolute Gasteiger partial charge is 0.410 e. The van der Waals surface area contributed by atoms with Crippen LogP contribution in [0.25, 0.3) is 0 Å². The quantitative estimate of drug-likeness (QED) is 0.728. The second-order valence-corrected chi connectivity index (χ2v) is 5.35. The molecule has 1 atom stereocenters. The standard InChI is InChI=1S/C11H20N2O4/c1-10(2,3)17-9(15)13-5-6-16-11(4,7-13)8(12)14/h5-7H2,1-4H3,(H2,12,14). The number of morpholine rings is 1. The molecule has 0 spiro atoms. The van der Waals surface area contributed by atoms with E-state index < -0.39 is 23.2 Å². The van der Waals surface area contributed by atoms with Gasteiger partial charge in [-0.05, 0) is 27.7 Å². The van der Waals surface area contributed by atoms with Crippen LogP contribution in [0.15, 0.2) is 0 Å². The van der Waals surface area contributed by atoms with Crippen LogP contribution in [-0.2, 0) is 14.3 Å². The topological polar surface area (TPSA) is 81.9 Å². The highest BCUT2D eigenvalue weighted by atomic mass is 16.6. The number of carbonyl (C=O) groups is 2. The monoisotopic (exact) mass is 244 g/mol. The molecule has 0 aromatic rings. The molecule has 1 aliphatic heterocycles. The molecule has 0 radical (unpaired) electrons. The third kappa shape index (κ3) is 3.59. The van der Waals surface area contributed by atoms with Crippen LogP contribution < -0.4 is 5.73 Å². The molecule has 2 amide bonds. The summed E-state index contributed by atoms with van der Waals surface area (Å²) in [6, 6.07) is 0. The third-order valence-electron chi connectivity index (χ3n) is 2.45. The average molecular weight is 244 g/mol. The van der Waals surface area contributed by atoms with E-state index in [9.17, 15) is 9.59 Å². The summed E-state index contributed by atoms with van der Waals surface area (Å²) in [5.41, 5.74) is 3.56. The summed E-state index contributed by atoms with van der Waals surface area (Å²) < 4.78 is 10.5. The van der Waals surface area contributed by atoms with Gasteiger partial charge in [-0.1, -0.05) is 0 Å². The predicted molar refractivity (Wildman–Crippen MR) is 61.4 cm³/mol. The van der Waals surface area contributed by atoms with Crippen LogP contribution in [0.3, 0.4) is 0 Å². The Morgan fingerprint density at radius 1 is 1.41 bits per heavy atom. The van der Waals surface area contributed by atoms with Gasteiger partial charge < -0.3 is 20.1 Å². The fourth-order valence-corrected chi connectivity index (χ4v) is 1.50. The first-order valence-corrected chi connectivity index (χ1v) is 5.56. The number of nitrogens with zero attached hydrogens (tertiary/aromatic N) is 1. The van der Waals surface area contributed by atoms with E-state index in [0.29, 0.717) is 6.54 Å².